The smallest absolute Gasteiger partial charge is 0.289 e. The van der Waals surface area contributed by atoms with Crippen LogP contribution in [0.5, 0.6) is 0 Å². The van der Waals surface area contributed by atoms with Crippen molar-refractivity contribution >= 4 is 37.6 Å². The van der Waals surface area contributed by atoms with Crippen molar-refractivity contribution in [2.24, 2.45) is 0 Å². The molecule has 0 unspecified atom stereocenters. The van der Waals surface area contributed by atoms with E-state index in [0.717, 1.165) is 18.5 Å². The van der Waals surface area contributed by atoms with Crippen LogP contribution in [-0.2, 0) is 6.18 Å². The Hall–Kier alpha value is -1.21. The van der Waals surface area contributed by atoms with Crippen LogP contribution in [0.2, 0.25) is 0 Å². The Morgan fingerprint density at radius 1 is 1.10 bits per heavy atom. The fourth-order valence-corrected chi connectivity index (χ4v) is 2.96. The molecule has 0 spiro atoms. The fraction of sp³-hybridized carbons (Fsp3) is 0.0769. The van der Waals surface area contributed by atoms with Gasteiger partial charge in [0.2, 0.25) is 0 Å². The number of nitrogens with zero attached hydrogens (tertiary/aromatic N) is 1. The molecule has 0 amide bonds. The van der Waals surface area contributed by atoms with Crippen LogP contribution in [-0.4, -0.2) is 10.8 Å². The van der Waals surface area contributed by atoms with Gasteiger partial charge in [0.1, 0.15) is 0 Å². The van der Waals surface area contributed by atoms with E-state index >= 15 is 0 Å². The Kier molecular flexibility index (Phi) is 4.29. The predicted octanol–water partition coefficient (Wildman–Crippen LogP) is 4.86. The minimum Gasteiger partial charge on any atom is -0.289 e. The average Bonchev–Trinajstić information content (AvgIpc) is 2.35. The summed E-state index contributed by atoms with van der Waals surface area (Å²) >= 11 is 6.38. The Labute approximate surface area is 129 Å². The van der Waals surface area contributed by atoms with Crippen molar-refractivity contribution in [2.45, 2.75) is 6.18 Å². The lowest BCUT2D eigenvalue weighted by atomic mass is 10.0. The van der Waals surface area contributed by atoms with Gasteiger partial charge in [0, 0.05) is 26.9 Å². The van der Waals surface area contributed by atoms with Crippen molar-refractivity contribution in [1.82, 2.24) is 4.98 Å². The number of hydrogen-bond acceptors (Lipinski definition) is 2. The molecule has 1 aromatic carbocycles. The SMILES string of the molecule is O=C(c1cc(Br)cc(Br)c1)c1cnccc1C(F)(F)F. The van der Waals surface area contributed by atoms with Gasteiger partial charge in [0.25, 0.3) is 0 Å². The van der Waals surface area contributed by atoms with Crippen LogP contribution in [0.25, 0.3) is 0 Å². The van der Waals surface area contributed by atoms with Gasteiger partial charge in [-0.05, 0) is 24.3 Å². The van der Waals surface area contributed by atoms with Gasteiger partial charge in [-0.1, -0.05) is 31.9 Å². The monoisotopic (exact) mass is 407 g/mol. The molecule has 2 rings (SSSR count). The van der Waals surface area contributed by atoms with Gasteiger partial charge in [0.05, 0.1) is 11.1 Å². The second-order valence-electron chi connectivity index (χ2n) is 3.91. The maximum Gasteiger partial charge on any atom is 0.417 e. The van der Waals surface area contributed by atoms with E-state index in [0.29, 0.717) is 8.95 Å². The summed E-state index contributed by atoms with van der Waals surface area (Å²) in [7, 11) is 0. The van der Waals surface area contributed by atoms with Crippen molar-refractivity contribution in [1.29, 1.82) is 0 Å². The van der Waals surface area contributed by atoms with Crippen molar-refractivity contribution in [2.75, 3.05) is 0 Å². The highest BCUT2D eigenvalue weighted by molar-refractivity contribution is 9.11. The van der Waals surface area contributed by atoms with Crippen molar-refractivity contribution in [3.05, 3.63) is 62.3 Å². The van der Waals surface area contributed by atoms with Crippen molar-refractivity contribution in [3.8, 4) is 0 Å². The van der Waals surface area contributed by atoms with E-state index in [1.165, 1.54) is 12.1 Å². The highest BCUT2D eigenvalue weighted by Crippen LogP contribution is 2.33. The standard InChI is InChI=1S/C13H6Br2F3NO/c14-8-3-7(4-9(15)5-8)12(20)10-6-19-2-1-11(10)13(16,17)18/h1-6H. The third-order valence-electron chi connectivity index (χ3n) is 2.50. The summed E-state index contributed by atoms with van der Waals surface area (Å²) in [6.07, 6.45) is -2.66. The largest absolute Gasteiger partial charge is 0.417 e. The quantitative estimate of drug-likeness (QED) is 0.664. The summed E-state index contributed by atoms with van der Waals surface area (Å²) < 4.78 is 39.8. The van der Waals surface area contributed by atoms with Gasteiger partial charge >= 0.3 is 6.18 Å². The second kappa shape index (κ2) is 5.65. The number of hydrogen-bond donors (Lipinski definition) is 0. The number of alkyl halides is 3. The van der Waals surface area contributed by atoms with E-state index in [1.54, 1.807) is 6.07 Å². The van der Waals surface area contributed by atoms with Crippen LogP contribution in [0.3, 0.4) is 0 Å². The number of aromatic nitrogens is 1. The van der Waals surface area contributed by atoms with Gasteiger partial charge < -0.3 is 0 Å². The first-order valence-electron chi connectivity index (χ1n) is 5.31. The fourth-order valence-electron chi connectivity index (χ4n) is 1.66. The van der Waals surface area contributed by atoms with Crippen molar-refractivity contribution in [3.63, 3.8) is 0 Å². The zero-order valence-corrected chi connectivity index (χ0v) is 12.9. The van der Waals surface area contributed by atoms with E-state index in [2.05, 4.69) is 36.8 Å². The molecule has 0 aliphatic carbocycles. The van der Waals surface area contributed by atoms with Crippen LogP contribution in [0.4, 0.5) is 13.2 Å². The number of carbonyl (C=O) groups excluding carboxylic acids is 1. The van der Waals surface area contributed by atoms with E-state index in [4.69, 9.17) is 0 Å². The third kappa shape index (κ3) is 3.27. The molecule has 1 aromatic heterocycles. The Bertz CT molecular complexity index is 651. The first-order chi connectivity index (χ1) is 9.29. The molecule has 0 N–H and O–H groups in total. The summed E-state index contributed by atoms with van der Waals surface area (Å²) in [6.45, 7) is 0. The zero-order valence-electron chi connectivity index (χ0n) is 9.71. The van der Waals surface area contributed by atoms with Gasteiger partial charge in [-0.2, -0.15) is 13.2 Å². The highest BCUT2D eigenvalue weighted by atomic mass is 79.9. The lowest BCUT2D eigenvalue weighted by molar-refractivity contribution is -0.137. The van der Waals surface area contributed by atoms with Crippen LogP contribution in [0.15, 0.2) is 45.6 Å². The van der Waals surface area contributed by atoms with Gasteiger partial charge in [-0.25, -0.2) is 0 Å². The lowest BCUT2D eigenvalue weighted by Crippen LogP contribution is -2.14. The summed E-state index contributed by atoms with van der Waals surface area (Å²) in [4.78, 5) is 15.8. The first-order valence-corrected chi connectivity index (χ1v) is 6.89. The molecule has 0 atom stereocenters. The van der Waals surface area contributed by atoms with Gasteiger partial charge in [-0.3, -0.25) is 9.78 Å². The van der Waals surface area contributed by atoms with E-state index in [-0.39, 0.29) is 5.56 Å². The summed E-state index contributed by atoms with van der Waals surface area (Å²) in [5.74, 6) is -0.729. The molecule has 0 saturated carbocycles. The number of rotatable bonds is 2. The first kappa shape index (κ1) is 15.2. The molecule has 2 nitrogen and oxygen atoms in total. The van der Waals surface area contributed by atoms with Gasteiger partial charge in [0.15, 0.2) is 5.78 Å². The van der Waals surface area contributed by atoms with Gasteiger partial charge in [-0.15, -0.1) is 0 Å². The number of pyridine rings is 1. The number of ketones is 1. The Morgan fingerprint density at radius 2 is 1.70 bits per heavy atom. The van der Waals surface area contributed by atoms with Crippen LogP contribution >= 0.6 is 31.9 Å². The summed E-state index contributed by atoms with van der Waals surface area (Å²) in [5.41, 5.74) is -1.32. The lowest BCUT2D eigenvalue weighted by Gasteiger charge is -2.11. The number of benzene rings is 1. The van der Waals surface area contributed by atoms with E-state index < -0.39 is 23.1 Å². The minimum atomic E-state index is -4.60. The summed E-state index contributed by atoms with van der Waals surface area (Å²) in [6, 6.07) is 5.39. The third-order valence-corrected chi connectivity index (χ3v) is 3.41. The van der Waals surface area contributed by atoms with E-state index in [9.17, 15) is 18.0 Å². The molecule has 0 radical (unpaired) electrons. The molecule has 0 bridgehead atoms. The van der Waals surface area contributed by atoms with Crippen LogP contribution < -0.4 is 0 Å². The predicted molar refractivity (Wildman–Crippen MR) is 74.5 cm³/mol. The average molecular weight is 409 g/mol. The number of halogens is 5. The van der Waals surface area contributed by atoms with Crippen molar-refractivity contribution < 1.29 is 18.0 Å². The molecule has 104 valence electrons. The maximum atomic E-state index is 12.9. The molecular weight excluding hydrogens is 403 g/mol. The maximum absolute atomic E-state index is 12.9. The second-order valence-corrected chi connectivity index (χ2v) is 5.74. The van der Waals surface area contributed by atoms with Crippen LogP contribution in [0, 0.1) is 0 Å². The van der Waals surface area contributed by atoms with E-state index in [1.807, 2.05) is 0 Å². The molecular formula is C13H6Br2F3NO. The Balaban J connectivity index is 2.54. The minimum absolute atomic E-state index is 0.143. The molecule has 7 heteroatoms. The molecule has 1 heterocycles. The topological polar surface area (TPSA) is 30.0 Å². The molecule has 0 aliphatic heterocycles. The Morgan fingerprint density at radius 3 is 2.25 bits per heavy atom. The molecule has 0 aliphatic rings. The molecule has 2 aromatic rings. The zero-order chi connectivity index (χ0) is 14.9. The molecule has 20 heavy (non-hydrogen) atoms. The molecule has 0 saturated heterocycles. The van der Waals surface area contributed by atoms with Crippen LogP contribution in [0.1, 0.15) is 21.5 Å². The summed E-state index contributed by atoms with van der Waals surface area (Å²) in [5, 5.41) is 0. The normalized spacial score (nSPS) is 11.4. The highest BCUT2D eigenvalue weighted by Gasteiger charge is 2.35. The number of carbonyl (C=O) groups is 1. The molecule has 0 fully saturated rings.